The van der Waals surface area contributed by atoms with E-state index >= 15 is 0 Å². The summed E-state index contributed by atoms with van der Waals surface area (Å²) in [5, 5.41) is 6.13. The van der Waals surface area contributed by atoms with E-state index in [2.05, 4.69) is 20.6 Å². The van der Waals surface area contributed by atoms with Crippen molar-refractivity contribution in [2.45, 2.75) is 51.6 Å². The summed E-state index contributed by atoms with van der Waals surface area (Å²) < 4.78 is 13.6. The molecule has 2 aromatic rings. The fourth-order valence-corrected chi connectivity index (χ4v) is 3.12. The van der Waals surface area contributed by atoms with Crippen LogP contribution in [0.15, 0.2) is 30.3 Å². The topological polar surface area (TPSA) is 66.9 Å². The number of nitrogens with one attached hydrogen (secondary N) is 2. The minimum absolute atomic E-state index is 0.125. The molecule has 5 nitrogen and oxygen atoms in total. The van der Waals surface area contributed by atoms with E-state index in [0.29, 0.717) is 28.9 Å². The maximum Gasteiger partial charge on any atom is 0.270 e. The van der Waals surface area contributed by atoms with Crippen LogP contribution in [0.3, 0.4) is 0 Å². The number of hydrogen-bond acceptors (Lipinski definition) is 4. The molecule has 0 radical (unpaired) electrons. The maximum atomic E-state index is 13.6. The van der Waals surface area contributed by atoms with Crippen LogP contribution >= 0.6 is 0 Å². The zero-order chi connectivity index (χ0) is 17.6. The van der Waals surface area contributed by atoms with Gasteiger partial charge in [-0.25, -0.2) is 14.4 Å². The van der Waals surface area contributed by atoms with Gasteiger partial charge in [0, 0.05) is 24.2 Å². The summed E-state index contributed by atoms with van der Waals surface area (Å²) in [6, 6.07) is 8.46. The third-order valence-electron chi connectivity index (χ3n) is 4.42. The zero-order valence-corrected chi connectivity index (χ0v) is 14.4. The van der Waals surface area contributed by atoms with Gasteiger partial charge in [-0.15, -0.1) is 0 Å². The molecule has 1 heterocycles. The van der Waals surface area contributed by atoms with Crippen molar-refractivity contribution in [1.29, 1.82) is 0 Å². The highest BCUT2D eigenvalue weighted by molar-refractivity contribution is 5.92. The molecule has 0 bridgehead atoms. The number of anilines is 1. The van der Waals surface area contributed by atoms with Crippen molar-refractivity contribution in [3.05, 3.63) is 53.2 Å². The van der Waals surface area contributed by atoms with Gasteiger partial charge in [0.25, 0.3) is 5.91 Å². The molecule has 3 rings (SSSR count). The van der Waals surface area contributed by atoms with Crippen molar-refractivity contribution in [1.82, 2.24) is 15.3 Å². The summed E-state index contributed by atoms with van der Waals surface area (Å²) in [4.78, 5) is 21.0. The Morgan fingerprint density at radius 2 is 1.96 bits per heavy atom. The van der Waals surface area contributed by atoms with Gasteiger partial charge in [-0.1, -0.05) is 37.5 Å². The van der Waals surface area contributed by atoms with Gasteiger partial charge in [-0.05, 0) is 25.8 Å². The fraction of sp³-hybridized carbons (Fsp3) is 0.421. The Morgan fingerprint density at radius 1 is 1.20 bits per heavy atom. The summed E-state index contributed by atoms with van der Waals surface area (Å²) >= 11 is 0. The maximum absolute atomic E-state index is 13.6. The van der Waals surface area contributed by atoms with Gasteiger partial charge >= 0.3 is 0 Å². The van der Waals surface area contributed by atoms with Crippen molar-refractivity contribution in [3.63, 3.8) is 0 Å². The number of rotatable bonds is 5. The first-order chi connectivity index (χ1) is 12.1. The van der Waals surface area contributed by atoms with Gasteiger partial charge in [0.1, 0.15) is 23.2 Å². The number of carbonyl (C=O) groups is 1. The van der Waals surface area contributed by atoms with E-state index in [1.165, 1.54) is 25.3 Å². The second-order valence-corrected chi connectivity index (χ2v) is 6.44. The molecular weight excluding hydrogens is 319 g/mol. The Morgan fingerprint density at radius 3 is 2.72 bits per heavy atom. The van der Waals surface area contributed by atoms with E-state index in [0.717, 1.165) is 12.8 Å². The summed E-state index contributed by atoms with van der Waals surface area (Å²) in [5.74, 6) is 0.550. The summed E-state index contributed by atoms with van der Waals surface area (Å²) in [6.45, 7) is 1.89. The quantitative estimate of drug-likeness (QED) is 0.871. The molecule has 25 heavy (non-hydrogen) atoms. The molecule has 1 aliphatic carbocycles. The highest BCUT2D eigenvalue weighted by atomic mass is 19.1. The van der Waals surface area contributed by atoms with Crippen LogP contribution in [0.2, 0.25) is 0 Å². The van der Waals surface area contributed by atoms with Gasteiger partial charge < -0.3 is 10.6 Å². The van der Waals surface area contributed by atoms with Crippen molar-refractivity contribution in [2.75, 3.05) is 5.32 Å². The smallest absolute Gasteiger partial charge is 0.270 e. The third-order valence-corrected chi connectivity index (χ3v) is 4.42. The first-order valence-corrected chi connectivity index (χ1v) is 8.75. The number of nitrogens with zero attached hydrogens (tertiary/aromatic N) is 2. The third kappa shape index (κ3) is 4.75. The second kappa shape index (κ2) is 8.05. The van der Waals surface area contributed by atoms with Crippen LogP contribution in [0.4, 0.5) is 10.2 Å². The number of aromatic nitrogens is 2. The van der Waals surface area contributed by atoms with E-state index in [1.54, 1.807) is 31.2 Å². The number of hydrogen-bond donors (Lipinski definition) is 2. The highest BCUT2D eigenvalue weighted by Gasteiger charge is 2.16. The number of halogens is 1. The van der Waals surface area contributed by atoms with Crippen molar-refractivity contribution >= 4 is 11.7 Å². The van der Waals surface area contributed by atoms with Crippen molar-refractivity contribution in [2.24, 2.45) is 0 Å². The predicted molar refractivity (Wildman–Crippen MR) is 94.8 cm³/mol. The Bertz CT molecular complexity index is 744. The van der Waals surface area contributed by atoms with E-state index in [1.807, 2.05) is 0 Å². The predicted octanol–water partition coefficient (Wildman–Crippen LogP) is 3.60. The normalized spacial score (nSPS) is 15.0. The molecule has 2 N–H and O–H groups in total. The Labute approximate surface area is 147 Å². The largest absolute Gasteiger partial charge is 0.367 e. The number of carbonyl (C=O) groups excluding carboxylic acids is 1. The molecule has 1 fully saturated rings. The summed E-state index contributed by atoms with van der Waals surface area (Å²) in [7, 11) is 0. The molecule has 6 heteroatoms. The highest BCUT2D eigenvalue weighted by Crippen LogP contribution is 2.21. The molecule has 1 aromatic heterocycles. The molecule has 0 atom stereocenters. The van der Waals surface area contributed by atoms with Crippen LogP contribution in [0, 0.1) is 12.7 Å². The molecule has 132 valence electrons. The van der Waals surface area contributed by atoms with Crippen LogP contribution in [-0.2, 0) is 6.54 Å². The lowest BCUT2D eigenvalue weighted by Crippen LogP contribution is -2.26. The molecule has 0 unspecified atom stereocenters. The molecule has 1 amide bonds. The molecule has 0 spiro atoms. The standard InChI is InChI=1S/C19H23FN4O/c1-13-22-17(11-18(23-13)24-15-8-3-2-4-9-15)19(25)21-12-14-7-5-6-10-16(14)20/h5-7,10-11,15H,2-4,8-9,12H2,1H3,(H,21,25)(H,22,23,24). The van der Waals surface area contributed by atoms with Gasteiger partial charge in [0.15, 0.2) is 0 Å². The minimum atomic E-state index is -0.333. The average Bonchev–Trinajstić information content (AvgIpc) is 2.61. The second-order valence-electron chi connectivity index (χ2n) is 6.44. The number of benzene rings is 1. The lowest BCUT2D eigenvalue weighted by molar-refractivity contribution is 0.0945. The van der Waals surface area contributed by atoms with E-state index in [4.69, 9.17) is 0 Å². The zero-order valence-electron chi connectivity index (χ0n) is 14.4. The van der Waals surface area contributed by atoms with Gasteiger partial charge in [0.2, 0.25) is 0 Å². The van der Waals surface area contributed by atoms with Gasteiger partial charge in [0.05, 0.1) is 0 Å². The molecule has 1 aromatic carbocycles. The first kappa shape index (κ1) is 17.3. The molecule has 1 aliphatic rings. The van der Waals surface area contributed by atoms with E-state index in [9.17, 15) is 9.18 Å². The minimum Gasteiger partial charge on any atom is -0.367 e. The summed E-state index contributed by atoms with van der Waals surface area (Å²) in [5.41, 5.74) is 0.740. The van der Waals surface area contributed by atoms with Crippen LogP contribution in [0.5, 0.6) is 0 Å². The molecular formula is C19H23FN4O. The molecule has 0 aliphatic heterocycles. The van der Waals surface area contributed by atoms with Crippen LogP contribution in [0.1, 0.15) is 54.0 Å². The number of amides is 1. The Kier molecular flexibility index (Phi) is 5.58. The monoisotopic (exact) mass is 342 g/mol. The summed E-state index contributed by atoms with van der Waals surface area (Å²) in [6.07, 6.45) is 5.97. The van der Waals surface area contributed by atoms with Crippen LogP contribution in [0.25, 0.3) is 0 Å². The van der Waals surface area contributed by atoms with Crippen molar-refractivity contribution in [3.8, 4) is 0 Å². The van der Waals surface area contributed by atoms with E-state index in [-0.39, 0.29) is 18.3 Å². The first-order valence-electron chi connectivity index (χ1n) is 8.75. The lowest BCUT2D eigenvalue weighted by atomic mass is 9.95. The van der Waals surface area contributed by atoms with Crippen molar-refractivity contribution < 1.29 is 9.18 Å². The average molecular weight is 342 g/mol. The fourth-order valence-electron chi connectivity index (χ4n) is 3.12. The van der Waals surface area contributed by atoms with Crippen LogP contribution < -0.4 is 10.6 Å². The Hall–Kier alpha value is -2.50. The van der Waals surface area contributed by atoms with Gasteiger partial charge in [-0.2, -0.15) is 0 Å². The SMILES string of the molecule is Cc1nc(NC2CCCCC2)cc(C(=O)NCc2ccccc2F)n1. The Balaban J connectivity index is 1.66. The van der Waals surface area contributed by atoms with Crippen LogP contribution in [-0.4, -0.2) is 21.9 Å². The van der Waals surface area contributed by atoms with Gasteiger partial charge in [-0.3, -0.25) is 4.79 Å². The van der Waals surface area contributed by atoms with E-state index < -0.39 is 0 Å². The lowest BCUT2D eigenvalue weighted by Gasteiger charge is -2.23. The number of aryl methyl sites for hydroxylation is 1. The molecule has 1 saturated carbocycles. The molecule has 0 saturated heterocycles.